The number of hydrogen-bond donors (Lipinski definition) is 1. The molecule has 0 bridgehead atoms. The zero-order valence-electron chi connectivity index (χ0n) is 12.0. The molecule has 1 aromatic carbocycles. The van der Waals surface area contributed by atoms with Crippen LogP contribution in [0.2, 0.25) is 0 Å². The second-order valence-electron chi connectivity index (χ2n) is 5.36. The van der Waals surface area contributed by atoms with Gasteiger partial charge in [-0.15, -0.1) is 0 Å². The Balaban J connectivity index is 1.86. The molecule has 2 rings (SSSR count). The summed E-state index contributed by atoms with van der Waals surface area (Å²) >= 11 is 0. The fourth-order valence-electron chi connectivity index (χ4n) is 2.61. The first-order chi connectivity index (χ1) is 9.70. The minimum atomic E-state index is -0.157. The van der Waals surface area contributed by atoms with Crippen molar-refractivity contribution in [3.05, 3.63) is 29.8 Å². The molecule has 0 aliphatic heterocycles. The molecule has 1 aliphatic rings. The van der Waals surface area contributed by atoms with E-state index in [1.54, 1.807) is 7.11 Å². The van der Waals surface area contributed by atoms with E-state index in [1.807, 2.05) is 24.3 Å². The largest absolute Gasteiger partial charge is 0.497 e. The molecule has 0 aromatic heterocycles. The van der Waals surface area contributed by atoms with E-state index in [2.05, 4.69) is 0 Å². The molecule has 4 heteroatoms. The van der Waals surface area contributed by atoms with E-state index < -0.39 is 0 Å². The molecule has 110 valence electrons. The van der Waals surface area contributed by atoms with Crippen LogP contribution in [0, 0.1) is 5.92 Å². The van der Waals surface area contributed by atoms with E-state index in [1.165, 1.54) is 0 Å². The van der Waals surface area contributed by atoms with Crippen LogP contribution in [-0.4, -0.2) is 19.1 Å². The molecule has 4 nitrogen and oxygen atoms in total. The van der Waals surface area contributed by atoms with E-state index in [9.17, 15) is 4.79 Å². The molecular weight excluding hydrogens is 254 g/mol. The Morgan fingerprint density at radius 1 is 1.20 bits per heavy atom. The number of rotatable bonds is 4. The summed E-state index contributed by atoms with van der Waals surface area (Å²) < 4.78 is 10.5. The van der Waals surface area contributed by atoms with Crippen LogP contribution in [0.15, 0.2) is 24.3 Å². The number of hydrogen-bond acceptors (Lipinski definition) is 4. The summed E-state index contributed by atoms with van der Waals surface area (Å²) in [5.41, 5.74) is 7.03. The highest BCUT2D eigenvalue weighted by atomic mass is 16.5. The van der Waals surface area contributed by atoms with Crippen molar-refractivity contribution in [2.24, 2.45) is 11.7 Å². The molecule has 0 heterocycles. The second-order valence-corrected chi connectivity index (χ2v) is 5.36. The number of nitrogens with two attached hydrogens (primary N) is 1. The molecule has 1 aromatic rings. The van der Waals surface area contributed by atoms with Crippen molar-refractivity contribution in [1.29, 1.82) is 0 Å². The van der Waals surface area contributed by atoms with Crippen molar-refractivity contribution in [1.82, 2.24) is 0 Å². The van der Waals surface area contributed by atoms with Gasteiger partial charge in [0.25, 0.3) is 0 Å². The predicted octanol–water partition coefficient (Wildman–Crippen LogP) is 2.65. The maximum atomic E-state index is 12.1. The first kappa shape index (κ1) is 14.9. The van der Waals surface area contributed by atoms with E-state index in [4.69, 9.17) is 15.2 Å². The van der Waals surface area contributed by atoms with E-state index in [-0.39, 0.29) is 17.9 Å². The predicted molar refractivity (Wildman–Crippen MR) is 77.3 cm³/mol. The van der Waals surface area contributed by atoms with Crippen molar-refractivity contribution in [2.75, 3.05) is 7.11 Å². The lowest BCUT2D eigenvalue weighted by Crippen LogP contribution is -2.35. The molecule has 1 aliphatic carbocycles. The first-order valence-corrected chi connectivity index (χ1v) is 7.26. The quantitative estimate of drug-likeness (QED) is 0.679. The SMILES string of the molecule is COc1ccc(COC(=O)C2CCCCCC2N)cc1. The standard InChI is InChI=1S/C16H23NO3/c1-19-13-9-7-12(8-10-13)11-20-16(18)14-5-3-2-4-6-15(14)17/h7-10,14-15H,2-6,11,17H2,1H3. The Hall–Kier alpha value is -1.55. The average molecular weight is 277 g/mol. The van der Waals surface area contributed by atoms with Crippen LogP contribution >= 0.6 is 0 Å². The molecule has 1 fully saturated rings. The van der Waals surface area contributed by atoms with Gasteiger partial charge in [-0.2, -0.15) is 0 Å². The van der Waals surface area contributed by atoms with Crippen LogP contribution in [-0.2, 0) is 16.1 Å². The van der Waals surface area contributed by atoms with Crippen LogP contribution in [0.4, 0.5) is 0 Å². The smallest absolute Gasteiger partial charge is 0.310 e. The summed E-state index contributed by atoms with van der Waals surface area (Å²) in [4.78, 5) is 12.1. The highest BCUT2D eigenvalue weighted by Gasteiger charge is 2.28. The Bertz CT molecular complexity index is 430. The molecule has 0 amide bonds. The van der Waals surface area contributed by atoms with Crippen LogP contribution < -0.4 is 10.5 Å². The topological polar surface area (TPSA) is 61.5 Å². The van der Waals surface area contributed by atoms with Crippen molar-refractivity contribution in [3.8, 4) is 5.75 Å². The summed E-state index contributed by atoms with van der Waals surface area (Å²) in [6.45, 7) is 0.298. The number of carbonyl (C=O) groups excluding carboxylic acids is 1. The van der Waals surface area contributed by atoms with Crippen molar-refractivity contribution in [2.45, 2.75) is 44.8 Å². The number of benzene rings is 1. The van der Waals surface area contributed by atoms with Gasteiger partial charge in [0.15, 0.2) is 0 Å². The summed E-state index contributed by atoms with van der Waals surface area (Å²) in [5.74, 6) is 0.497. The van der Waals surface area contributed by atoms with Gasteiger partial charge in [0.1, 0.15) is 12.4 Å². The van der Waals surface area contributed by atoms with Crippen molar-refractivity contribution in [3.63, 3.8) is 0 Å². The van der Waals surface area contributed by atoms with Gasteiger partial charge >= 0.3 is 5.97 Å². The summed E-state index contributed by atoms with van der Waals surface area (Å²) in [6.07, 6.45) is 5.11. The van der Waals surface area contributed by atoms with Gasteiger partial charge in [0, 0.05) is 6.04 Å². The molecule has 1 saturated carbocycles. The third-order valence-electron chi connectivity index (χ3n) is 3.91. The van der Waals surface area contributed by atoms with Gasteiger partial charge in [-0.05, 0) is 30.5 Å². The summed E-state index contributed by atoms with van der Waals surface area (Å²) in [7, 11) is 1.63. The number of ether oxygens (including phenoxy) is 2. The lowest BCUT2D eigenvalue weighted by atomic mass is 9.96. The highest BCUT2D eigenvalue weighted by molar-refractivity contribution is 5.73. The first-order valence-electron chi connectivity index (χ1n) is 7.26. The van der Waals surface area contributed by atoms with E-state index >= 15 is 0 Å². The molecule has 2 atom stereocenters. The fourth-order valence-corrected chi connectivity index (χ4v) is 2.61. The normalized spacial score (nSPS) is 22.9. The zero-order valence-corrected chi connectivity index (χ0v) is 12.0. The Morgan fingerprint density at radius 3 is 2.60 bits per heavy atom. The molecule has 2 unspecified atom stereocenters. The third kappa shape index (κ3) is 3.97. The fraction of sp³-hybridized carbons (Fsp3) is 0.562. The van der Waals surface area contributed by atoms with Crippen LogP contribution in [0.1, 0.15) is 37.7 Å². The second kappa shape index (κ2) is 7.29. The van der Waals surface area contributed by atoms with Gasteiger partial charge in [0.05, 0.1) is 13.0 Å². The van der Waals surface area contributed by atoms with E-state index in [0.717, 1.165) is 43.4 Å². The van der Waals surface area contributed by atoms with Gasteiger partial charge in [0.2, 0.25) is 0 Å². The number of carbonyl (C=O) groups is 1. The van der Waals surface area contributed by atoms with Crippen molar-refractivity contribution < 1.29 is 14.3 Å². The third-order valence-corrected chi connectivity index (χ3v) is 3.91. The Kier molecular flexibility index (Phi) is 5.41. The van der Waals surface area contributed by atoms with Gasteiger partial charge in [-0.3, -0.25) is 4.79 Å². The monoisotopic (exact) mass is 277 g/mol. The lowest BCUT2D eigenvalue weighted by molar-refractivity contribution is -0.150. The van der Waals surface area contributed by atoms with Crippen molar-refractivity contribution >= 4 is 5.97 Å². The maximum Gasteiger partial charge on any atom is 0.310 e. The van der Waals surface area contributed by atoms with Gasteiger partial charge in [-0.1, -0.05) is 31.4 Å². The van der Waals surface area contributed by atoms with Crippen LogP contribution in [0.5, 0.6) is 5.75 Å². The number of methoxy groups -OCH3 is 1. The average Bonchev–Trinajstić information content (AvgIpc) is 2.70. The van der Waals surface area contributed by atoms with Gasteiger partial charge < -0.3 is 15.2 Å². The minimum Gasteiger partial charge on any atom is -0.497 e. The molecule has 20 heavy (non-hydrogen) atoms. The van der Waals surface area contributed by atoms with Crippen LogP contribution in [0.3, 0.4) is 0 Å². The van der Waals surface area contributed by atoms with E-state index in [0.29, 0.717) is 6.61 Å². The molecule has 0 spiro atoms. The maximum absolute atomic E-state index is 12.1. The Labute approximate surface area is 120 Å². The molecular formula is C16H23NO3. The number of esters is 1. The molecule has 0 radical (unpaired) electrons. The highest BCUT2D eigenvalue weighted by Crippen LogP contribution is 2.23. The lowest BCUT2D eigenvalue weighted by Gasteiger charge is -2.19. The summed E-state index contributed by atoms with van der Waals surface area (Å²) in [5, 5.41) is 0. The molecule has 0 saturated heterocycles. The molecule has 2 N–H and O–H groups in total. The minimum absolute atomic E-state index is 0.0548. The van der Waals surface area contributed by atoms with Crippen LogP contribution in [0.25, 0.3) is 0 Å². The Morgan fingerprint density at radius 2 is 1.90 bits per heavy atom. The zero-order chi connectivity index (χ0) is 14.4. The summed E-state index contributed by atoms with van der Waals surface area (Å²) in [6, 6.07) is 7.47. The van der Waals surface area contributed by atoms with Gasteiger partial charge in [-0.25, -0.2) is 0 Å².